The van der Waals surface area contributed by atoms with Crippen LogP contribution < -0.4 is 10.6 Å². The van der Waals surface area contributed by atoms with Crippen molar-refractivity contribution in [3.63, 3.8) is 0 Å². The van der Waals surface area contributed by atoms with Crippen molar-refractivity contribution in [1.29, 1.82) is 0 Å². The van der Waals surface area contributed by atoms with Crippen LogP contribution in [0.2, 0.25) is 0 Å². The summed E-state index contributed by atoms with van der Waals surface area (Å²) in [7, 11) is -0.880. The Balaban J connectivity index is 1.74. The Morgan fingerprint density at radius 3 is 2.41 bits per heavy atom. The molecule has 0 saturated heterocycles. The van der Waals surface area contributed by atoms with Crippen LogP contribution in [-0.2, 0) is 16.6 Å². The van der Waals surface area contributed by atoms with Crippen molar-refractivity contribution >= 4 is 28.5 Å². The fraction of sp³-hybridized carbons (Fsp3) is 0.381. The van der Waals surface area contributed by atoms with Crippen molar-refractivity contribution in [2.24, 2.45) is 4.99 Å². The summed E-state index contributed by atoms with van der Waals surface area (Å²) in [5.74, 6) is 1.99. The standard InChI is InChI=1S/C21H29N3OS2/c1-3-22-21(24-16-18(2)26-20-12-8-5-9-13-20)23-14-15-27(25)17-19-10-6-4-7-11-19/h4-13,18H,3,14-17H2,1-2H3,(H2,22,23,24). The monoisotopic (exact) mass is 403 g/mol. The number of nitrogens with zero attached hydrogens (tertiary/aromatic N) is 1. The number of rotatable bonds is 10. The third kappa shape index (κ3) is 9.11. The number of guanidine groups is 1. The lowest BCUT2D eigenvalue weighted by Crippen LogP contribution is -2.39. The summed E-state index contributed by atoms with van der Waals surface area (Å²) in [4.78, 5) is 5.92. The van der Waals surface area contributed by atoms with E-state index in [0.29, 0.717) is 23.3 Å². The average molecular weight is 404 g/mol. The molecule has 0 fully saturated rings. The smallest absolute Gasteiger partial charge is 0.191 e. The molecule has 0 amide bonds. The molecule has 0 aromatic heterocycles. The van der Waals surface area contributed by atoms with Gasteiger partial charge >= 0.3 is 0 Å². The molecule has 2 aromatic carbocycles. The van der Waals surface area contributed by atoms with Crippen LogP contribution in [0.25, 0.3) is 0 Å². The Bertz CT molecular complexity index is 708. The van der Waals surface area contributed by atoms with Gasteiger partial charge < -0.3 is 10.6 Å². The lowest BCUT2D eigenvalue weighted by atomic mass is 10.2. The van der Waals surface area contributed by atoms with Crippen LogP contribution in [0.15, 0.2) is 70.6 Å². The molecule has 6 heteroatoms. The van der Waals surface area contributed by atoms with Gasteiger partial charge in [0.05, 0.1) is 6.54 Å². The van der Waals surface area contributed by atoms with Gasteiger partial charge in [-0.3, -0.25) is 9.20 Å². The van der Waals surface area contributed by atoms with Gasteiger partial charge in [-0.05, 0) is 24.6 Å². The number of hydrogen-bond acceptors (Lipinski definition) is 3. The Labute approximate surface area is 169 Å². The van der Waals surface area contributed by atoms with Gasteiger partial charge in [-0.25, -0.2) is 0 Å². The van der Waals surface area contributed by atoms with Crippen molar-refractivity contribution in [2.75, 3.05) is 25.4 Å². The first-order chi connectivity index (χ1) is 13.2. The first kappa shape index (κ1) is 21.5. The number of nitrogens with one attached hydrogen (secondary N) is 2. The largest absolute Gasteiger partial charge is 0.357 e. The molecule has 2 atom stereocenters. The summed E-state index contributed by atoms with van der Waals surface area (Å²) in [6.07, 6.45) is 0. The van der Waals surface area contributed by atoms with Crippen LogP contribution >= 0.6 is 11.8 Å². The summed E-state index contributed by atoms with van der Waals surface area (Å²) in [6, 6.07) is 20.4. The van der Waals surface area contributed by atoms with Crippen molar-refractivity contribution < 1.29 is 4.21 Å². The third-order valence-corrected chi connectivity index (χ3v) is 6.13. The molecule has 0 bridgehead atoms. The van der Waals surface area contributed by atoms with Crippen LogP contribution in [-0.4, -0.2) is 40.8 Å². The lowest BCUT2D eigenvalue weighted by Gasteiger charge is -2.13. The molecule has 27 heavy (non-hydrogen) atoms. The first-order valence-electron chi connectivity index (χ1n) is 9.30. The molecule has 0 heterocycles. The minimum Gasteiger partial charge on any atom is -0.357 e. The normalized spacial score (nSPS) is 13.8. The van der Waals surface area contributed by atoms with Crippen LogP contribution in [0.3, 0.4) is 0 Å². The molecule has 4 nitrogen and oxygen atoms in total. The Hall–Kier alpha value is -1.79. The average Bonchev–Trinajstić information content (AvgIpc) is 2.67. The van der Waals surface area contributed by atoms with Gasteiger partial charge in [0.2, 0.25) is 0 Å². The summed E-state index contributed by atoms with van der Waals surface area (Å²) in [5.41, 5.74) is 1.11. The predicted molar refractivity (Wildman–Crippen MR) is 119 cm³/mol. The molecule has 0 aliphatic heterocycles. The zero-order chi connectivity index (χ0) is 19.3. The second kappa shape index (κ2) is 12.6. The molecule has 2 aromatic rings. The highest BCUT2D eigenvalue weighted by Gasteiger charge is 2.06. The van der Waals surface area contributed by atoms with Crippen molar-refractivity contribution in [3.05, 3.63) is 66.2 Å². The Kier molecular flexibility index (Phi) is 10.0. The van der Waals surface area contributed by atoms with Gasteiger partial charge in [0.1, 0.15) is 0 Å². The maximum absolute atomic E-state index is 12.2. The van der Waals surface area contributed by atoms with Gasteiger partial charge in [0, 0.05) is 45.5 Å². The third-order valence-electron chi connectivity index (χ3n) is 3.72. The van der Waals surface area contributed by atoms with E-state index in [4.69, 9.17) is 0 Å². The maximum atomic E-state index is 12.2. The van der Waals surface area contributed by atoms with E-state index in [9.17, 15) is 4.21 Å². The highest BCUT2D eigenvalue weighted by atomic mass is 32.2. The van der Waals surface area contributed by atoms with Crippen LogP contribution in [0.5, 0.6) is 0 Å². The number of aliphatic imine (C=N–C) groups is 1. The number of thioether (sulfide) groups is 1. The Morgan fingerprint density at radius 2 is 1.74 bits per heavy atom. The van der Waals surface area contributed by atoms with E-state index in [1.54, 1.807) is 0 Å². The molecule has 2 rings (SSSR count). The van der Waals surface area contributed by atoms with E-state index in [-0.39, 0.29) is 0 Å². The van der Waals surface area contributed by atoms with E-state index in [1.165, 1.54) is 4.90 Å². The van der Waals surface area contributed by atoms with Gasteiger partial charge in [-0.15, -0.1) is 11.8 Å². The number of benzene rings is 2. The van der Waals surface area contributed by atoms with Crippen LogP contribution in [0, 0.1) is 0 Å². The first-order valence-corrected chi connectivity index (χ1v) is 11.7. The van der Waals surface area contributed by atoms with Crippen LogP contribution in [0.4, 0.5) is 0 Å². The van der Waals surface area contributed by atoms with Gasteiger partial charge in [0.25, 0.3) is 0 Å². The lowest BCUT2D eigenvalue weighted by molar-refractivity contribution is 0.680. The molecule has 2 N–H and O–H groups in total. The zero-order valence-electron chi connectivity index (χ0n) is 16.1. The van der Waals surface area contributed by atoms with Crippen LogP contribution in [0.1, 0.15) is 19.4 Å². The second-order valence-electron chi connectivity index (χ2n) is 6.16. The van der Waals surface area contributed by atoms with E-state index in [0.717, 1.165) is 24.6 Å². The number of hydrogen-bond donors (Lipinski definition) is 2. The fourth-order valence-corrected chi connectivity index (χ4v) is 4.41. The second-order valence-corrected chi connectivity index (χ2v) is 9.25. The molecular formula is C21H29N3OS2. The summed E-state index contributed by atoms with van der Waals surface area (Å²) in [5, 5.41) is 6.93. The minimum atomic E-state index is -0.880. The van der Waals surface area contributed by atoms with E-state index >= 15 is 0 Å². The van der Waals surface area contributed by atoms with Crippen molar-refractivity contribution in [3.8, 4) is 0 Å². The fourth-order valence-electron chi connectivity index (χ4n) is 2.45. The van der Waals surface area contributed by atoms with E-state index in [1.807, 2.05) is 55.1 Å². The highest BCUT2D eigenvalue weighted by Crippen LogP contribution is 2.22. The SMILES string of the molecule is CCNC(=NCC(C)Sc1ccccc1)NCCS(=O)Cc1ccccc1. The molecule has 0 spiro atoms. The zero-order valence-corrected chi connectivity index (χ0v) is 17.7. The molecule has 146 valence electrons. The highest BCUT2D eigenvalue weighted by molar-refractivity contribution is 8.00. The predicted octanol–water partition coefficient (Wildman–Crippen LogP) is 3.67. The molecule has 0 saturated carbocycles. The van der Waals surface area contributed by atoms with Gasteiger partial charge in [-0.1, -0.05) is 55.5 Å². The van der Waals surface area contributed by atoms with Gasteiger partial charge in [-0.2, -0.15) is 0 Å². The maximum Gasteiger partial charge on any atom is 0.191 e. The molecular weight excluding hydrogens is 374 g/mol. The summed E-state index contributed by atoms with van der Waals surface area (Å²) in [6.45, 7) is 6.40. The van der Waals surface area contributed by atoms with Crippen molar-refractivity contribution in [2.45, 2.75) is 29.7 Å². The van der Waals surface area contributed by atoms with Gasteiger partial charge in [0.15, 0.2) is 5.96 Å². The molecule has 0 radical (unpaired) electrons. The summed E-state index contributed by atoms with van der Waals surface area (Å²) >= 11 is 1.82. The molecule has 2 unspecified atom stereocenters. The van der Waals surface area contributed by atoms with Crippen molar-refractivity contribution in [1.82, 2.24) is 10.6 Å². The van der Waals surface area contributed by atoms with E-state index < -0.39 is 10.8 Å². The topological polar surface area (TPSA) is 53.5 Å². The van der Waals surface area contributed by atoms with E-state index in [2.05, 4.69) is 46.8 Å². The Morgan fingerprint density at radius 1 is 1.07 bits per heavy atom. The molecule has 0 aliphatic rings. The molecule has 0 aliphatic carbocycles. The minimum absolute atomic E-state index is 0.384. The summed E-state index contributed by atoms with van der Waals surface area (Å²) < 4.78 is 12.2. The quantitative estimate of drug-likeness (QED) is 0.361.